The molecule has 0 amide bonds. The number of hydrogen-bond acceptors (Lipinski definition) is 6. The molecule has 0 spiro atoms. The zero-order valence-electron chi connectivity index (χ0n) is 11.6. The first-order valence-electron chi connectivity index (χ1n) is 6.97. The highest BCUT2D eigenvalue weighted by Crippen LogP contribution is 2.19. The minimum absolute atomic E-state index is 0.231. The largest absolute Gasteiger partial charge is 0.467 e. The van der Waals surface area contributed by atoms with E-state index in [2.05, 4.69) is 5.32 Å². The normalized spacial score (nSPS) is 19.9. The number of hydrogen-bond donors (Lipinski definition) is 3. The Morgan fingerprint density at radius 3 is 2.90 bits per heavy atom. The maximum absolute atomic E-state index is 10.2. The summed E-state index contributed by atoms with van der Waals surface area (Å²) < 4.78 is 15.7. The predicted octanol–water partition coefficient (Wildman–Crippen LogP) is 0.288. The van der Waals surface area contributed by atoms with E-state index < -0.39 is 11.7 Å². The van der Waals surface area contributed by atoms with Crippen molar-refractivity contribution in [2.45, 2.75) is 31.2 Å². The molecule has 114 valence electrons. The van der Waals surface area contributed by atoms with E-state index in [0.717, 1.165) is 5.76 Å². The van der Waals surface area contributed by atoms with Gasteiger partial charge in [-0.15, -0.1) is 0 Å². The molecule has 0 saturated carbocycles. The van der Waals surface area contributed by atoms with Crippen LogP contribution in [0.4, 0.5) is 0 Å². The lowest BCUT2D eigenvalue weighted by Crippen LogP contribution is -2.47. The number of ether oxygens (including phenoxy) is 2. The van der Waals surface area contributed by atoms with Gasteiger partial charge in [0, 0.05) is 39.1 Å². The highest BCUT2D eigenvalue weighted by Gasteiger charge is 2.29. The molecule has 0 aromatic carbocycles. The lowest BCUT2D eigenvalue weighted by Gasteiger charge is -2.32. The Hall–Kier alpha value is -0.920. The third-order valence-electron chi connectivity index (χ3n) is 3.39. The van der Waals surface area contributed by atoms with Crippen LogP contribution in [0.15, 0.2) is 22.8 Å². The summed E-state index contributed by atoms with van der Waals surface area (Å²) in [5.74, 6) is 0.738. The molecule has 2 rings (SSSR count). The fourth-order valence-electron chi connectivity index (χ4n) is 2.15. The molecule has 0 aliphatic carbocycles. The zero-order chi connectivity index (χ0) is 14.3. The second kappa shape index (κ2) is 7.75. The van der Waals surface area contributed by atoms with E-state index in [1.54, 1.807) is 12.3 Å². The van der Waals surface area contributed by atoms with Gasteiger partial charge in [0.05, 0.1) is 24.6 Å². The van der Waals surface area contributed by atoms with E-state index in [0.29, 0.717) is 45.8 Å². The molecule has 1 aliphatic heterocycles. The van der Waals surface area contributed by atoms with Crippen LogP contribution in [0.25, 0.3) is 0 Å². The van der Waals surface area contributed by atoms with Crippen LogP contribution in [0.1, 0.15) is 18.6 Å². The van der Waals surface area contributed by atoms with Crippen LogP contribution in [-0.4, -0.2) is 54.8 Å². The van der Waals surface area contributed by atoms with Crippen molar-refractivity contribution in [3.63, 3.8) is 0 Å². The second-order valence-corrected chi connectivity index (χ2v) is 5.22. The van der Waals surface area contributed by atoms with Gasteiger partial charge in [0.1, 0.15) is 12.4 Å². The number of aliphatic hydroxyl groups excluding tert-OH is 1. The van der Waals surface area contributed by atoms with Crippen molar-refractivity contribution in [2.75, 3.05) is 32.9 Å². The Kier molecular flexibility index (Phi) is 6.00. The summed E-state index contributed by atoms with van der Waals surface area (Å²) in [7, 11) is 0. The topological polar surface area (TPSA) is 84.1 Å². The van der Waals surface area contributed by atoms with Gasteiger partial charge < -0.3 is 29.4 Å². The quantitative estimate of drug-likeness (QED) is 0.636. The van der Waals surface area contributed by atoms with E-state index in [4.69, 9.17) is 13.9 Å². The second-order valence-electron chi connectivity index (χ2n) is 5.22. The Bertz CT molecular complexity index is 362. The molecule has 20 heavy (non-hydrogen) atoms. The van der Waals surface area contributed by atoms with E-state index >= 15 is 0 Å². The van der Waals surface area contributed by atoms with E-state index in [-0.39, 0.29) is 6.61 Å². The maximum atomic E-state index is 10.2. The maximum Gasteiger partial charge on any atom is 0.129 e. The van der Waals surface area contributed by atoms with Gasteiger partial charge in [-0.25, -0.2) is 0 Å². The van der Waals surface area contributed by atoms with Crippen LogP contribution >= 0.6 is 0 Å². The summed E-state index contributed by atoms with van der Waals surface area (Å²) in [6.07, 6.45) is 2.25. The fraction of sp³-hybridized carbons (Fsp3) is 0.714. The van der Waals surface area contributed by atoms with Crippen molar-refractivity contribution < 1.29 is 24.1 Å². The van der Waals surface area contributed by atoms with Gasteiger partial charge in [0.15, 0.2) is 0 Å². The van der Waals surface area contributed by atoms with Crippen LogP contribution in [0, 0.1) is 0 Å². The molecule has 1 aliphatic rings. The van der Waals surface area contributed by atoms with Crippen molar-refractivity contribution in [1.82, 2.24) is 5.32 Å². The molecule has 0 radical (unpaired) electrons. The monoisotopic (exact) mass is 285 g/mol. The Morgan fingerprint density at radius 1 is 1.40 bits per heavy atom. The van der Waals surface area contributed by atoms with Gasteiger partial charge in [-0.2, -0.15) is 0 Å². The molecule has 0 bridgehead atoms. The van der Waals surface area contributed by atoms with Gasteiger partial charge >= 0.3 is 0 Å². The number of nitrogens with one attached hydrogen (secondary N) is 1. The summed E-state index contributed by atoms with van der Waals surface area (Å²) in [5.41, 5.74) is -0.715. The predicted molar refractivity (Wildman–Crippen MR) is 72.2 cm³/mol. The van der Waals surface area contributed by atoms with Gasteiger partial charge in [0.2, 0.25) is 0 Å². The Balaban J connectivity index is 1.54. The zero-order valence-corrected chi connectivity index (χ0v) is 11.6. The standard InChI is InChI=1S/C14H23NO5/c16-12(9-19-10-13-2-1-5-20-13)8-15-11-14(17)3-6-18-7-4-14/h1-2,5,12,15-17H,3-4,6-11H2. The third kappa shape index (κ3) is 5.22. The molecule has 1 unspecified atom stereocenters. The minimum atomic E-state index is -0.715. The van der Waals surface area contributed by atoms with Crippen LogP contribution in [-0.2, 0) is 16.1 Å². The third-order valence-corrected chi connectivity index (χ3v) is 3.39. The first kappa shape index (κ1) is 15.5. The van der Waals surface area contributed by atoms with Crippen molar-refractivity contribution in [1.29, 1.82) is 0 Å². The van der Waals surface area contributed by atoms with E-state index in [9.17, 15) is 10.2 Å². The number of furan rings is 1. The molecular weight excluding hydrogens is 262 g/mol. The smallest absolute Gasteiger partial charge is 0.129 e. The highest BCUT2D eigenvalue weighted by atomic mass is 16.5. The van der Waals surface area contributed by atoms with Crippen LogP contribution in [0.2, 0.25) is 0 Å². The van der Waals surface area contributed by atoms with E-state index in [1.807, 2.05) is 6.07 Å². The summed E-state index contributed by atoms with van der Waals surface area (Å²) >= 11 is 0. The average Bonchev–Trinajstić information content (AvgIpc) is 2.92. The van der Waals surface area contributed by atoms with Gasteiger partial charge in [-0.05, 0) is 12.1 Å². The molecule has 1 aromatic rings. The van der Waals surface area contributed by atoms with E-state index in [1.165, 1.54) is 0 Å². The lowest BCUT2D eigenvalue weighted by molar-refractivity contribution is -0.0633. The first-order chi connectivity index (χ1) is 9.68. The van der Waals surface area contributed by atoms with Crippen LogP contribution in [0.5, 0.6) is 0 Å². The van der Waals surface area contributed by atoms with Crippen molar-refractivity contribution in [3.8, 4) is 0 Å². The lowest BCUT2D eigenvalue weighted by atomic mass is 9.94. The fourth-order valence-corrected chi connectivity index (χ4v) is 2.15. The average molecular weight is 285 g/mol. The molecule has 2 heterocycles. The number of aliphatic hydroxyl groups is 2. The summed E-state index contributed by atoms with van der Waals surface area (Å²) in [4.78, 5) is 0. The summed E-state index contributed by atoms with van der Waals surface area (Å²) in [5, 5.41) is 23.1. The molecule has 1 fully saturated rings. The molecule has 3 N–H and O–H groups in total. The molecular formula is C14H23NO5. The molecule has 6 heteroatoms. The number of rotatable bonds is 8. The van der Waals surface area contributed by atoms with Gasteiger partial charge in [0.25, 0.3) is 0 Å². The van der Waals surface area contributed by atoms with Crippen molar-refractivity contribution in [3.05, 3.63) is 24.2 Å². The minimum Gasteiger partial charge on any atom is -0.467 e. The summed E-state index contributed by atoms with van der Waals surface area (Å²) in [6.45, 7) is 2.62. The molecule has 1 aromatic heterocycles. The van der Waals surface area contributed by atoms with Gasteiger partial charge in [-0.1, -0.05) is 0 Å². The molecule has 6 nitrogen and oxygen atoms in total. The van der Waals surface area contributed by atoms with Gasteiger partial charge in [-0.3, -0.25) is 0 Å². The molecule has 1 atom stereocenters. The Labute approximate surface area is 118 Å². The molecule has 1 saturated heterocycles. The van der Waals surface area contributed by atoms with Crippen molar-refractivity contribution in [2.24, 2.45) is 0 Å². The highest BCUT2D eigenvalue weighted by molar-refractivity contribution is 4.96. The van der Waals surface area contributed by atoms with Crippen LogP contribution < -0.4 is 5.32 Å². The SMILES string of the molecule is OC(CNCC1(O)CCOCC1)COCc1ccco1. The summed E-state index contributed by atoms with van der Waals surface area (Å²) in [6, 6.07) is 3.62. The first-order valence-corrected chi connectivity index (χ1v) is 6.97. The Morgan fingerprint density at radius 2 is 2.20 bits per heavy atom. The van der Waals surface area contributed by atoms with Crippen molar-refractivity contribution >= 4 is 0 Å². The van der Waals surface area contributed by atoms with Crippen LogP contribution in [0.3, 0.4) is 0 Å².